The summed E-state index contributed by atoms with van der Waals surface area (Å²) < 4.78 is 5.28. The van der Waals surface area contributed by atoms with Gasteiger partial charge in [-0.25, -0.2) is 0 Å². The maximum absolute atomic E-state index is 8.56. The van der Waals surface area contributed by atoms with Gasteiger partial charge < -0.3 is 9.84 Å². The number of aliphatic hydroxyl groups excluding tert-OH is 1. The zero-order chi connectivity index (χ0) is 9.40. The highest BCUT2D eigenvalue weighted by Crippen LogP contribution is 2.11. The summed E-state index contributed by atoms with van der Waals surface area (Å²) in [5, 5.41) is 8.56. The molecule has 0 aromatic rings. The van der Waals surface area contributed by atoms with E-state index >= 15 is 0 Å². The third-order valence-electron chi connectivity index (χ3n) is 2.10. The van der Waals surface area contributed by atoms with Crippen LogP contribution < -0.4 is 0 Å². The lowest BCUT2D eigenvalue weighted by molar-refractivity contribution is 0.0946. The van der Waals surface area contributed by atoms with Crippen molar-refractivity contribution in [2.45, 2.75) is 32.8 Å². The molecule has 72 valence electrons. The summed E-state index contributed by atoms with van der Waals surface area (Å²) in [5.74, 6) is 0.546. The third kappa shape index (κ3) is 4.52. The molecule has 1 N–H and O–H groups in total. The summed E-state index contributed by atoms with van der Waals surface area (Å²) in [6, 6.07) is 0. The molecule has 0 rings (SSSR count). The van der Waals surface area contributed by atoms with Crippen molar-refractivity contribution >= 4 is 0 Å². The molecule has 0 aliphatic rings. The number of hydrogen-bond acceptors (Lipinski definition) is 2. The number of ether oxygens (including phenoxy) is 1. The highest BCUT2D eigenvalue weighted by molar-refractivity contribution is 4.91. The molecule has 0 bridgehead atoms. The third-order valence-corrected chi connectivity index (χ3v) is 2.10. The maximum Gasteiger partial charge on any atom is 0.0777 e. The standard InChI is InChI=1S/C10H20O2/c1-4-9(2)10(12-3)7-5-6-8-11/h5,7,9-11H,4,6,8H2,1-3H3/b7-5+. The van der Waals surface area contributed by atoms with E-state index in [-0.39, 0.29) is 12.7 Å². The van der Waals surface area contributed by atoms with Crippen LogP contribution in [0, 0.1) is 5.92 Å². The Morgan fingerprint density at radius 2 is 2.17 bits per heavy atom. The SMILES string of the molecule is CCC(C)C(/C=C/CCO)OC. The smallest absolute Gasteiger partial charge is 0.0777 e. The monoisotopic (exact) mass is 172 g/mol. The van der Waals surface area contributed by atoms with Crippen LogP contribution in [0.2, 0.25) is 0 Å². The van der Waals surface area contributed by atoms with Crippen LogP contribution in [0.15, 0.2) is 12.2 Å². The minimum absolute atomic E-state index is 0.196. The number of aliphatic hydroxyl groups is 1. The van der Waals surface area contributed by atoms with E-state index in [1.807, 2.05) is 12.2 Å². The van der Waals surface area contributed by atoms with Gasteiger partial charge in [0.05, 0.1) is 6.10 Å². The van der Waals surface area contributed by atoms with Crippen molar-refractivity contribution in [1.29, 1.82) is 0 Å². The Labute approximate surface area is 75.2 Å². The maximum atomic E-state index is 8.56. The van der Waals surface area contributed by atoms with E-state index in [0.29, 0.717) is 5.92 Å². The molecule has 0 saturated carbocycles. The van der Waals surface area contributed by atoms with E-state index in [4.69, 9.17) is 9.84 Å². The predicted octanol–water partition coefficient (Wildman–Crippen LogP) is 1.99. The molecule has 0 aromatic carbocycles. The molecule has 0 aliphatic heterocycles. The van der Waals surface area contributed by atoms with Gasteiger partial charge in [-0.1, -0.05) is 32.4 Å². The fourth-order valence-electron chi connectivity index (χ4n) is 1.04. The highest BCUT2D eigenvalue weighted by atomic mass is 16.5. The van der Waals surface area contributed by atoms with Crippen LogP contribution in [-0.4, -0.2) is 24.9 Å². The summed E-state index contributed by atoms with van der Waals surface area (Å²) in [5.41, 5.74) is 0. The Hall–Kier alpha value is -0.340. The van der Waals surface area contributed by atoms with Crippen molar-refractivity contribution in [1.82, 2.24) is 0 Å². The van der Waals surface area contributed by atoms with Gasteiger partial charge in [-0.3, -0.25) is 0 Å². The molecule has 0 spiro atoms. The average molecular weight is 172 g/mol. The van der Waals surface area contributed by atoms with Crippen molar-refractivity contribution in [2.75, 3.05) is 13.7 Å². The highest BCUT2D eigenvalue weighted by Gasteiger charge is 2.10. The lowest BCUT2D eigenvalue weighted by Crippen LogP contribution is -2.16. The van der Waals surface area contributed by atoms with Crippen molar-refractivity contribution in [3.8, 4) is 0 Å². The lowest BCUT2D eigenvalue weighted by Gasteiger charge is -2.17. The first-order valence-corrected chi connectivity index (χ1v) is 4.56. The molecule has 0 saturated heterocycles. The number of hydrogen-bond donors (Lipinski definition) is 1. The molecule has 2 nitrogen and oxygen atoms in total. The molecule has 0 aliphatic carbocycles. The zero-order valence-electron chi connectivity index (χ0n) is 8.29. The van der Waals surface area contributed by atoms with Gasteiger partial charge >= 0.3 is 0 Å². The topological polar surface area (TPSA) is 29.5 Å². The first kappa shape index (κ1) is 11.7. The molecule has 12 heavy (non-hydrogen) atoms. The molecule has 0 aromatic heterocycles. The molecule has 2 heteroatoms. The average Bonchev–Trinajstić information content (AvgIpc) is 2.11. The van der Waals surface area contributed by atoms with Gasteiger partial charge in [0.25, 0.3) is 0 Å². The van der Waals surface area contributed by atoms with Gasteiger partial charge in [0, 0.05) is 13.7 Å². The Morgan fingerprint density at radius 1 is 1.50 bits per heavy atom. The predicted molar refractivity (Wildman–Crippen MR) is 51.1 cm³/mol. The summed E-state index contributed by atoms with van der Waals surface area (Å²) in [4.78, 5) is 0. The first-order valence-electron chi connectivity index (χ1n) is 4.56. The normalized spacial score (nSPS) is 16.7. The molecule has 0 radical (unpaired) electrons. The van der Waals surface area contributed by atoms with Gasteiger partial charge in [0.2, 0.25) is 0 Å². The van der Waals surface area contributed by atoms with Crippen molar-refractivity contribution in [3.05, 3.63) is 12.2 Å². The van der Waals surface area contributed by atoms with Crippen LogP contribution in [0.25, 0.3) is 0 Å². The van der Waals surface area contributed by atoms with Crippen LogP contribution >= 0.6 is 0 Å². The van der Waals surface area contributed by atoms with Crippen LogP contribution in [0.1, 0.15) is 26.7 Å². The minimum Gasteiger partial charge on any atom is -0.396 e. The number of rotatable bonds is 6. The van der Waals surface area contributed by atoms with E-state index in [9.17, 15) is 0 Å². The van der Waals surface area contributed by atoms with Gasteiger partial charge in [0.15, 0.2) is 0 Å². The Kier molecular flexibility index (Phi) is 7.11. The molecule has 0 heterocycles. The first-order chi connectivity index (χ1) is 5.76. The Bertz CT molecular complexity index is 121. The van der Waals surface area contributed by atoms with Gasteiger partial charge in [-0.2, -0.15) is 0 Å². The van der Waals surface area contributed by atoms with E-state index in [1.165, 1.54) is 0 Å². The van der Waals surface area contributed by atoms with E-state index in [0.717, 1.165) is 12.8 Å². The van der Waals surface area contributed by atoms with Crippen molar-refractivity contribution < 1.29 is 9.84 Å². The molecule has 2 atom stereocenters. The summed E-state index contributed by atoms with van der Waals surface area (Å²) in [6.07, 6.45) is 6.03. The van der Waals surface area contributed by atoms with E-state index in [2.05, 4.69) is 13.8 Å². The fraction of sp³-hybridized carbons (Fsp3) is 0.800. The second-order valence-electron chi connectivity index (χ2n) is 3.03. The molecular formula is C10H20O2. The molecule has 2 unspecified atom stereocenters. The van der Waals surface area contributed by atoms with Crippen LogP contribution in [0.4, 0.5) is 0 Å². The number of methoxy groups -OCH3 is 1. The zero-order valence-corrected chi connectivity index (χ0v) is 8.29. The van der Waals surface area contributed by atoms with E-state index in [1.54, 1.807) is 7.11 Å². The molecule has 0 amide bonds. The summed E-state index contributed by atoms with van der Waals surface area (Å²) >= 11 is 0. The van der Waals surface area contributed by atoms with Gasteiger partial charge in [-0.05, 0) is 12.3 Å². The second-order valence-corrected chi connectivity index (χ2v) is 3.03. The Morgan fingerprint density at radius 3 is 2.58 bits per heavy atom. The van der Waals surface area contributed by atoms with Crippen molar-refractivity contribution in [3.63, 3.8) is 0 Å². The van der Waals surface area contributed by atoms with Crippen LogP contribution in [0.3, 0.4) is 0 Å². The lowest BCUT2D eigenvalue weighted by atomic mass is 10.0. The fourth-order valence-corrected chi connectivity index (χ4v) is 1.04. The minimum atomic E-state index is 0.196. The van der Waals surface area contributed by atoms with Crippen LogP contribution in [0.5, 0.6) is 0 Å². The van der Waals surface area contributed by atoms with Crippen LogP contribution in [-0.2, 0) is 4.74 Å². The van der Waals surface area contributed by atoms with Gasteiger partial charge in [-0.15, -0.1) is 0 Å². The van der Waals surface area contributed by atoms with E-state index < -0.39 is 0 Å². The summed E-state index contributed by atoms with van der Waals surface area (Å²) in [6.45, 7) is 4.53. The second kappa shape index (κ2) is 7.32. The quantitative estimate of drug-likeness (QED) is 0.621. The van der Waals surface area contributed by atoms with Gasteiger partial charge in [0.1, 0.15) is 0 Å². The Balaban J connectivity index is 3.81. The molecule has 0 fully saturated rings. The largest absolute Gasteiger partial charge is 0.396 e. The molecular weight excluding hydrogens is 152 g/mol. The summed E-state index contributed by atoms with van der Waals surface area (Å²) in [7, 11) is 1.72. The van der Waals surface area contributed by atoms with Crippen molar-refractivity contribution in [2.24, 2.45) is 5.92 Å².